The number of hydrogen-bond donors (Lipinski definition) is 1. The molecule has 2 aromatic heterocycles. The largest absolute Gasteiger partial charge is 0.322 e. The van der Waals surface area contributed by atoms with E-state index in [9.17, 15) is 4.79 Å². The molecule has 0 fully saturated rings. The summed E-state index contributed by atoms with van der Waals surface area (Å²) < 4.78 is 0. The molecular formula is C24H23N5O. The lowest BCUT2D eigenvalue weighted by molar-refractivity contribution is 0.0983. The normalized spacial score (nSPS) is 10.8. The molecule has 30 heavy (non-hydrogen) atoms. The third-order valence-corrected chi connectivity index (χ3v) is 4.83. The molecule has 2 aromatic carbocycles. The fourth-order valence-electron chi connectivity index (χ4n) is 3.44. The first-order chi connectivity index (χ1) is 14.5. The predicted octanol–water partition coefficient (Wildman–Crippen LogP) is 5.05. The van der Waals surface area contributed by atoms with Crippen LogP contribution in [0.2, 0.25) is 0 Å². The number of nitrogens with zero attached hydrogens (tertiary/aromatic N) is 4. The van der Waals surface area contributed by atoms with Crippen LogP contribution in [0.5, 0.6) is 0 Å². The van der Waals surface area contributed by atoms with Gasteiger partial charge in [0.05, 0.1) is 11.2 Å². The van der Waals surface area contributed by atoms with E-state index in [0.29, 0.717) is 23.9 Å². The number of carbonyl (C=O) groups is 1. The van der Waals surface area contributed by atoms with Gasteiger partial charge in [0.1, 0.15) is 5.69 Å². The first-order valence-corrected chi connectivity index (χ1v) is 9.90. The summed E-state index contributed by atoms with van der Waals surface area (Å²) in [6.07, 6.45) is 1.75. The number of benzene rings is 2. The zero-order valence-electron chi connectivity index (χ0n) is 17.3. The molecule has 4 rings (SSSR count). The molecule has 150 valence electrons. The molecule has 0 aliphatic rings. The summed E-state index contributed by atoms with van der Waals surface area (Å²) in [4.78, 5) is 28.4. The smallest absolute Gasteiger partial charge is 0.277 e. The number of nitrogens with one attached hydrogen (secondary N) is 1. The number of para-hydroxylation sites is 1. The van der Waals surface area contributed by atoms with Crippen LogP contribution in [0.25, 0.3) is 10.9 Å². The van der Waals surface area contributed by atoms with Crippen LogP contribution in [0, 0.1) is 13.8 Å². The van der Waals surface area contributed by atoms with E-state index in [4.69, 9.17) is 0 Å². The Bertz CT molecular complexity index is 1220. The Balaban J connectivity index is 1.68. The summed E-state index contributed by atoms with van der Waals surface area (Å²) in [6.45, 7) is 6.36. The number of carbonyl (C=O) groups excluding carboxylic acids is 1. The summed E-state index contributed by atoms with van der Waals surface area (Å²) in [7, 11) is 0. The second kappa shape index (κ2) is 8.29. The highest BCUT2D eigenvalue weighted by atomic mass is 16.2. The van der Waals surface area contributed by atoms with E-state index in [1.165, 1.54) is 0 Å². The highest BCUT2D eigenvalue weighted by molar-refractivity contribution is 6.05. The molecule has 1 amide bonds. The molecule has 1 N–H and O–H groups in total. The lowest BCUT2D eigenvalue weighted by Crippen LogP contribution is -2.31. The van der Waals surface area contributed by atoms with Crippen LogP contribution in [0.15, 0.2) is 66.9 Å². The molecule has 0 atom stereocenters. The van der Waals surface area contributed by atoms with Crippen molar-refractivity contribution >= 4 is 34.1 Å². The second-order valence-electron chi connectivity index (χ2n) is 7.11. The van der Waals surface area contributed by atoms with Crippen molar-refractivity contribution in [3.63, 3.8) is 0 Å². The van der Waals surface area contributed by atoms with Gasteiger partial charge in [-0.3, -0.25) is 9.78 Å². The van der Waals surface area contributed by atoms with Gasteiger partial charge in [0.15, 0.2) is 0 Å². The maximum atomic E-state index is 13.3. The van der Waals surface area contributed by atoms with Gasteiger partial charge in [-0.15, -0.1) is 0 Å². The van der Waals surface area contributed by atoms with E-state index in [1.807, 2.05) is 75.4 Å². The predicted molar refractivity (Wildman–Crippen MR) is 120 cm³/mol. The van der Waals surface area contributed by atoms with E-state index < -0.39 is 0 Å². The maximum Gasteiger partial charge on any atom is 0.277 e. The molecule has 0 saturated carbocycles. The van der Waals surface area contributed by atoms with Crippen LogP contribution < -0.4 is 10.2 Å². The van der Waals surface area contributed by atoms with Gasteiger partial charge in [-0.2, -0.15) is 0 Å². The summed E-state index contributed by atoms with van der Waals surface area (Å²) in [5.41, 5.74) is 4.64. The molecule has 0 aliphatic heterocycles. The van der Waals surface area contributed by atoms with Crippen LogP contribution in [0.4, 0.5) is 17.3 Å². The van der Waals surface area contributed by atoms with Crippen molar-refractivity contribution < 1.29 is 4.79 Å². The Morgan fingerprint density at radius 2 is 1.80 bits per heavy atom. The van der Waals surface area contributed by atoms with E-state index in [2.05, 4.69) is 20.3 Å². The van der Waals surface area contributed by atoms with E-state index >= 15 is 0 Å². The summed E-state index contributed by atoms with van der Waals surface area (Å²) >= 11 is 0. The first-order valence-electron chi connectivity index (χ1n) is 9.90. The highest BCUT2D eigenvalue weighted by Crippen LogP contribution is 2.24. The number of rotatable bonds is 5. The number of aryl methyl sites for hydroxylation is 2. The molecule has 0 radical (unpaired) electrons. The monoisotopic (exact) mass is 397 g/mol. The van der Waals surface area contributed by atoms with Crippen molar-refractivity contribution in [1.82, 2.24) is 15.0 Å². The Morgan fingerprint density at radius 3 is 2.60 bits per heavy atom. The molecule has 0 spiro atoms. The van der Waals surface area contributed by atoms with Crippen molar-refractivity contribution in [2.24, 2.45) is 0 Å². The van der Waals surface area contributed by atoms with Gasteiger partial charge in [0.25, 0.3) is 5.91 Å². The molecule has 2 heterocycles. The first kappa shape index (κ1) is 19.5. The molecule has 6 heteroatoms. The number of fused-ring (bicyclic) bond motifs is 1. The maximum absolute atomic E-state index is 13.3. The number of anilines is 3. The average molecular weight is 397 g/mol. The molecule has 0 unspecified atom stereocenters. The minimum Gasteiger partial charge on any atom is -0.322 e. The van der Waals surface area contributed by atoms with E-state index in [-0.39, 0.29) is 5.91 Å². The van der Waals surface area contributed by atoms with Gasteiger partial charge in [0, 0.05) is 29.5 Å². The third-order valence-electron chi connectivity index (χ3n) is 4.83. The Kier molecular flexibility index (Phi) is 5.39. The summed E-state index contributed by atoms with van der Waals surface area (Å²) in [5.74, 6) is 0.212. The summed E-state index contributed by atoms with van der Waals surface area (Å²) in [5, 5.41) is 4.25. The molecule has 0 saturated heterocycles. The lowest BCUT2D eigenvalue weighted by Gasteiger charge is -2.21. The molecular weight excluding hydrogens is 374 g/mol. The van der Waals surface area contributed by atoms with Crippen LogP contribution in [0.1, 0.15) is 28.7 Å². The molecule has 4 aromatic rings. The topological polar surface area (TPSA) is 71.0 Å². The zero-order valence-corrected chi connectivity index (χ0v) is 17.3. The Morgan fingerprint density at radius 1 is 1.00 bits per heavy atom. The van der Waals surface area contributed by atoms with Crippen molar-refractivity contribution in [2.75, 3.05) is 16.8 Å². The number of pyridine rings is 1. The second-order valence-corrected chi connectivity index (χ2v) is 7.11. The molecule has 0 bridgehead atoms. The van der Waals surface area contributed by atoms with Gasteiger partial charge >= 0.3 is 0 Å². The SMILES string of the molecule is CCN(C(=O)c1cc(C)nc(Nc2cccc3cccnc23)n1)c1cccc(C)c1. The van der Waals surface area contributed by atoms with Crippen LogP contribution in [0.3, 0.4) is 0 Å². The van der Waals surface area contributed by atoms with Crippen molar-refractivity contribution in [3.8, 4) is 0 Å². The van der Waals surface area contributed by atoms with Crippen LogP contribution >= 0.6 is 0 Å². The third kappa shape index (κ3) is 3.98. The number of amides is 1. The number of hydrogen-bond acceptors (Lipinski definition) is 5. The molecule has 0 aliphatic carbocycles. The summed E-state index contributed by atoms with van der Waals surface area (Å²) in [6, 6.07) is 19.4. The quantitative estimate of drug-likeness (QED) is 0.510. The van der Waals surface area contributed by atoms with Crippen LogP contribution in [-0.4, -0.2) is 27.4 Å². The highest BCUT2D eigenvalue weighted by Gasteiger charge is 2.19. The Hall–Kier alpha value is -3.80. The van der Waals surface area contributed by atoms with Gasteiger partial charge in [-0.05, 0) is 56.7 Å². The van der Waals surface area contributed by atoms with Gasteiger partial charge in [-0.25, -0.2) is 9.97 Å². The molecule has 6 nitrogen and oxygen atoms in total. The minimum atomic E-state index is -0.160. The minimum absolute atomic E-state index is 0.160. The zero-order chi connectivity index (χ0) is 21.1. The van der Waals surface area contributed by atoms with E-state index in [0.717, 1.165) is 27.8 Å². The van der Waals surface area contributed by atoms with Crippen LogP contribution in [-0.2, 0) is 0 Å². The standard InChI is InChI=1S/C24H23N5O/c1-4-29(19-11-5-8-16(2)14-19)23(30)21-15-17(3)26-24(28-21)27-20-12-6-9-18-10-7-13-25-22(18)20/h5-15H,4H2,1-3H3,(H,26,27,28). The van der Waals surface area contributed by atoms with E-state index in [1.54, 1.807) is 17.2 Å². The van der Waals surface area contributed by atoms with Gasteiger partial charge < -0.3 is 10.2 Å². The lowest BCUT2D eigenvalue weighted by atomic mass is 10.2. The van der Waals surface area contributed by atoms with Gasteiger partial charge in [0.2, 0.25) is 5.95 Å². The van der Waals surface area contributed by atoms with Crippen molar-refractivity contribution in [2.45, 2.75) is 20.8 Å². The Labute approximate surface area is 175 Å². The number of aromatic nitrogens is 3. The fourth-order valence-corrected chi connectivity index (χ4v) is 3.44. The van der Waals surface area contributed by atoms with Crippen molar-refractivity contribution in [3.05, 3.63) is 83.8 Å². The van der Waals surface area contributed by atoms with Crippen molar-refractivity contribution in [1.29, 1.82) is 0 Å². The average Bonchev–Trinajstić information content (AvgIpc) is 2.74. The van der Waals surface area contributed by atoms with Gasteiger partial charge in [-0.1, -0.05) is 30.3 Å². The fraction of sp³-hybridized carbons (Fsp3) is 0.167.